The molecule has 0 amide bonds. The van der Waals surface area contributed by atoms with Gasteiger partial charge < -0.3 is 15.2 Å². The van der Waals surface area contributed by atoms with Crippen LogP contribution in [0.25, 0.3) is 0 Å². The van der Waals surface area contributed by atoms with Crippen molar-refractivity contribution in [3.8, 4) is 5.75 Å². The molecular formula is C13H19NO3. The minimum Gasteiger partial charge on any atom is -0.494 e. The highest BCUT2D eigenvalue weighted by atomic mass is 16.5. The summed E-state index contributed by atoms with van der Waals surface area (Å²) < 4.78 is 10.0. The normalized spacial score (nSPS) is 11.9. The summed E-state index contributed by atoms with van der Waals surface area (Å²) in [5.41, 5.74) is 6.60. The van der Waals surface area contributed by atoms with Crippen molar-refractivity contribution < 1.29 is 14.3 Å². The van der Waals surface area contributed by atoms with Crippen molar-refractivity contribution >= 4 is 5.97 Å². The number of rotatable bonds is 6. The summed E-state index contributed by atoms with van der Waals surface area (Å²) >= 11 is 0. The molecule has 0 aliphatic rings. The van der Waals surface area contributed by atoms with Crippen LogP contribution < -0.4 is 10.5 Å². The average Bonchev–Trinajstić information content (AvgIpc) is 2.37. The molecule has 1 rings (SSSR count). The molecule has 4 nitrogen and oxygen atoms in total. The van der Waals surface area contributed by atoms with Crippen LogP contribution in [0.4, 0.5) is 0 Å². The van der Waals surface area contributed by atoms with Crippen molar-refractivity contribution in [2.45, 2.75) is 13.3 Å². The molecule has 2 N–H and O–H groups in total. The SMILES string of the molecule is CCOc1ccc(C[C@H](CN)C(=O)OC)cc1. The smallest absolute Gasteiger partial charge is 0.310 e. The van der Waals surface area contributed by atoms with E-state index >= 15 is 0 Å². The van der Waals surface area contributed by atoms with Crippen molar-refractivity contribution in [2.24, 2.45) is 11.7 Å². The third-order valence-electron chi connectivity index (χ3n) is 2.54. The number of hydrogen-bond donors (Lipinski definition) is 1. The van der Waals surface area contributed by atoms with E-state index in [9.17, 15) is 4.79 Å². The second kappa shape index (κ2) is 6.91. The van der Waals surface area contributed by atoms with Gasteiger partial charge in [0.25, 0.3) is 0 Å². The van der Waals surface area contributed by atoms with Gasteiger partial charge in [-0.05, 0) is 31.0 Å². The molecule has 0 aromatic heterocycles. The predicted molar refractivity (Wildman–Crippen MR) is 65.9 cm³/mol. The number of methoxy groups -OCH3 is 1. The third kappa shape index (κ3) is 4.07. The Hall–Kier alpha value is -1.55. The second-order valence-corrected chi connectivity index (χ2v) is 3.74. The fourth-order valence-corrected chi connectivity index (χ4v) is 1.60. The van der Waals surface area contributed by atoms with Gasteiger partial charge >= 0.3 is 5.97 Å². The first-order valence-electron chi connectivity index (χ1n) is 5.70. The quantitative estimate of drug-likeness (QED) is 0.759. The maximum atomic E-state index is 11.4. The lowest BCUT2D eigenvalue weighted by molar-refractivity contribution is -0.145. The number of carbonyl (C=O) groups excluding carboxylic acids is 1. The zero-order chi connectivity index (χ0) is 12.7. The van der Waals surface area contributed by atoms with Crippen LogP contribution in [0, 0.1) is 5.92 Å². The summed E-state index contributed by atoms with van der Waals surface area (Å²) in [5.74, 6) is 0.290. The molecular weight excluding hydrogens is 218 g/mol. The van der Waals surface area contributed by atoms with Crippen LogP contribution in [0.5, 0.6) is 5.75 Å². The molecule has 4 heteroatoms. The topological polar surface area (TPSA) is 61.5 Å². The Bertz CT molecular complexity index is 348. The van der Waals surface area contributed by atoms with Gasteiger partial charge in [-0.3, -0.25) is 4.79 Å². The summed E-state index contributed by atoms with van der Waals surface area (Å²) in [6, 6.07) is 7.67. The fourth-order valence-electron chi connectivity index (χ4n) is 1.60. The molecule has 1 atom stereocenters. The van der Waals surface area contributed by atoms with Gasteiger partial charge in [0.1, 0.15) is 5.75 Å². The molecule has 94 valence electrons. The molecule has 0 heterocycles. The van der Waals surface area contributed by atoms with Gasteiger partial charge in [0, 0.05) is 6.54 Å². The van der Waals surface area contributed by atoms with E-state index in [-0.39, 0.29) is 11.9 Å². The van der Waals surface area contributed by atoms with E-state index in [1.807, 2.05) is 31.2 Å². The molecule has 0 unspecified atom stereocenters. The van der Waals surface area contributed by atoms with E-state index in [4.69, 9.17) is 15.2 Å². The van der Waals surface area contributed by atoms with Crippen LogP contribution in [0.3, 0.4) is 0 Å². The number of hydrogen-bond acceptors (Lipinski definition) is 4. The van der Waals surface area contributed by atoms with E-state index < -0.39 is 0 Å². The number of benzene rings is 1. The van der Waals surface area contributed by atoms with Crippen molar-refractivity contribution in [3.05, 3.63) is 29.8 Å². The lowest BCUT2D eigenvalue weighted by atomic mass is 9.99. The van der Waals surface area contributed by atoms with Crippen LogP contribution in [-0.4, -0.2) is 26.2 Å². The lowest BCUT2D eigenvalue weighted by Gasteiger charge is -2.12. The molecule has 0 radical (unpaired) electrons. The minimum absolute atomic E-state index is 0.263. The van der Waals surface area contributed by atoms with Crippen molar-refractivity contribution in [3.63, 3.8) is 0 Å². The molecule has 0 saturated heterocycles. The van der Waals surface area contributed by atoms with Crippen molar-refractivity contribution in [2.75, 3.05) is 20.3 Å². The molecule has 0 fully saturated rings. The second-order valence-electron chi connectivity index (χ2n) is 3.74. The zero-order valence-electron chi connectivity index (χ0n) is 10.3. The minimum atomic E-state index is -0.280. The lowest BCUT2D eigenvalue weighted by Crippen LogP contribution is -2.26. The van der Waals surface area contributed by atoms with E-state index in [1.54, 1.807) is 0 Å². The number of esters is 1. The maximum absolute atomic E-state index is 11.4. The number of carbonyl (C=O) groups is 1. The largest absolute Gasteiger partial charge is 0.494 e. The number of ether oxygens (including phenoxy) is 2. The first kappa shape index (κ1) is 13.5. The Morgan fingerprint density at radius 3 is 2.47 bits per heavy atom. The molecule has 1 aromatic rings. The molecule has 0 saturated carbocycles. The van der Waals surface area contributed by atoms with Gasteiger partial charge in [-0.2, -0.15) is 0 Å². The zero-order valence-corrected chi connectivity index (χ0v) is 10.3. The standard InChI is InChI=1S/C13H19NO3/c1-3-17-12-6-4-10(5-7-12)8-11(9-14)13(15)16-2/h4-7,11H,3,8-9,14H2,1-2H3/t11-/m1/s1. The van der Waals surface area contributed by atoms with E-state index in [0.717, 1.165) is 11.3 Å². The number of nitrogens with two attached hydrogens (primary N) is 1. The Kier molecular flexibility index (Phi) is 5.49. The van der Waals surface area contributed by atoms with Gasteiger partial charge in [-0.15, -0.1) is 0 Å². The average molecular weight is 237 g/mol. The Morgan fingerprint density at radius 1 is 1.35 bits per heavy atom. The summed E-state index contributed by atoms with van der Waals surface area (Å²) in [6.45, 7) is 2.88. The molecule has 0 aliphatic carbocycles. The van der Waals surface area contributed by atoms with E-state index in [0.29, 0.717) is 19.6 Å². The Balaban J connectivity index is 2.64. The van der Waals surface area contributed by atoms with Gasteiger partial charge in [0.15, 0.2) is 0 Å². The first-order valence-corrected chi connectivity index (χ1v) is 5.70. The first-order chi connectivity index (χ1) is 8.21. The van der Waals surface area contributed by atoms with E-state index in [2.05, 4.69) is 0 Å². The molecule has 0 bridgehead atoms. The highest BCUT2D eigenvalue weighted by Crippen LogP contribution is 2.15. The fraction of sp³-hybridized carbons (Fsp3) is 0.462. The Labute approximate surface area is 102 Å². The monoisotopic (exact) mass is 237 g/mol. The summed E-state index contributed by atoms with van der Waals surface area (Å²) in [4.78, 5) is 11.4. The summed E-state index contributed by atoms with van der Waals surface area (Å²) in [5, 5.41) is 0. The van der Waals surface area contributed by atoms with Gasteiger partial charge in [0.2, 0.25) is 0 Å². The summed E-state index contributed by atoms with van der Waals surface area (Å²) in [6.07, 6.45) is 0.593. The highest BCUT2D eigenvalue weighted by molar-refractivity contribution is 5.72. The van der Waals surface area contributed by atoms with Crippen LogP contribution >= 0.6 is 0 Å². The molecule has 1 aromatic carbocycles. The van der Waals surface area contributed by atoms with Crippen LogP contribution in [0.1, 0.15) is 12.5 Å². The highest BCUT2D eigenvalue weighted by Gasteiger charge is 2.17. The Morgan fingerprint density at radius 2 is 2.00 bits per heavy atom. The molecule has 0 spiro atoms. The van der Waals surface area contributed by atoms with Gasteiger partial charge in [0.05, 0.1) is 19.6 Å². The molecule has 0 aliphatic heterocycles. The van der Waals surface area contributed by atoms with Crippen molar-refractivity contribution in [1.29, 1.82) is 0 Å². The summed E-state index contributed by atoms with van der Waals surface area (Å²) in [7, 11) is 1.38. The third-order valence-corrected chi connectivity index (χ3v) is 2.54. The maximum Gasteiger partial charge on any atom is 0.310 e. The molecule has 17 heavy (non-hydrogen) atoms. The van der Waals surface area contributed by atoms with Crippen LogP contribution in [0.2, 0.25) is 0 Å². The van der Waals surface area contributed by atoms with Crippen LogP contribution in [-0.2, 0) is 16.0 Å². The van der Waals surface area contributed by atoms with Gasteiger partial charge in [-0.25, -0.2) is 0 Å². The predicted octanol–water partition coefficient (Wildman–Crippen LogP) is 1.38. The van der Waals surface area contributed by atoms with Crippen molar-refractivity contribution in [1.82, 2.24) is 0 Å². The van der Waals surface area contributed by atoms with Crippen LogP contribution in [0.15, 0.2) is 24.3 Å². The van der Waals surface area contributed by atoms with Gasteiger partial charge in [-0.1, -0.05) is 12.1 Å². The van der Waals surface area contributed by atoms with E-state index in [1.165, 1.54) is 7.11 Å².